The van der Waals surface area contributed by atoms with Gasteiger partial charge in [-0.05, 0) is 12.1 Å². The summed E-state index contributed by atoms with van der Waals surface area (Å²) in [6, 6.07) is 4.99. The number of ether oxygens (including phenoxy) is 1. The van der Waals surface area contributed by atoms with Crippen LogP contribution in [0.3, 0.4) is 0 Å². The van der Waals surface area contributed by atoms with Crippen LogP contribution in [-0.2, 0) is 9.53 Å². The van der Waals surface area contributed by atoms with Gasteiger partial charge in [0, 0.05) is 19.9 Å². The number of methoxy groups -OCH3 is 1. The Bertz CT molecular complexity index is 380. The number of hydrogen-bond acceptors (Lipinski definition) is 4. The average Bonchev–Trinajstić information content (AvgIpc) is 2.34. The van der Waals surface area contributed by atoms with E-state index in [9.17, 15) is 9.59 Å². The van der Waals surface area contributed by atoms with Crippen molar-refractivity contribution in [2.24, 2.45) is 0 Å². The van der Waals surface area contributed by atoms with Gasteiger partial charge in [-0.1, -0.05) is 6.07 Å². The third-order valence-corrected chi connectivity index (χ3v) is 2.12. The summed E-state index contributed by atoms with van der Waals surface area (Å²) in [4.78, 5) is 25.9. The molecule has 1 aromatic heterocycles. The second-order valence-electron chi connectivity index (χ2n) is 3.38. The van der Waals surface area contributed by atoms with Crippen LogP contribution < -0.4 is 5.32 Å². The minimum Gasteiger partial charge on any atom is -0.481 e. The summed E-state index contributed by atoms with van der Waals surface area (Å²) < 4.78 is 4.93. The number of carboxylic acid groups (broad SMARTS) is 1. The SMILES string of the molecule is COC(CNC(=O)c1ccccn1)CC(=O)O. The predicted molar refractivity (Wildman–Crippen MR) is 59.6 cm³/mol. The molecule has 0 saturated heterocycles. The zero-order valence-corrected chi connectivity index (χ0v) is 9.42. The van der Waals surface area contributed by atoms with Crippen molar-refractivity contribution in [3.8, 4) is 0 Å². The zero-order valence-electron chi connectivity index (χ0n) is 9.42. The number of nitrogens with one attached hydrogen (secondary N) is 1. The average molecular weight is 238 g/mol. The fourth-order valence-corrected chi connectivity index (χ4v) is 1.23. The van der Waals surface area contributed by atoms with Gasteiger partial charge < -0.3 is 15.2 Å². The molecule has 0 saturated carbocycles. The molecule has 0 spiro atoms. The predicted octanol–water partition coefficient (Wildman–Crippen LogP) is 0.301. The van der Waals surface area contributed by atoms with E-state index in [1.165, 1.54) is 13.3 Å². The molecule has 17 heavy (non-hydrogen) atoms. The Balaban J connectivity index is 2.44. The maximum atomic E-state index is 11.6. The lowest BCUT2D eigenvalue weighted by Gasteiger charge is -2.13. The Morgan fingerprint density at radius 3 is 2.82 bits per heavy atom. The van der Waals surface area contributed by atoms with Crippen LogP contribution in [0.15, 0.2) is 24.4 Å². The van der Waals surface area contributed by atoms with Crippen molar-refractivity contribution >= 4 is 11.9 Å². The van der Waals surface area contributed by atoms with Crippen molar-refractivity contribution in [1.29, 1.82) is 0 Å². The lowest BCUT2D eigenvalue weighted by Crippen LogP contribution is -2.34. The highest BCUT2D eigenvalue weighted by Crippen LogP contribution is 1.97. The van der Waals surface area contributed by atoms with Crippen LogP contribution >= 0.6 is 0 Å². The Kier molecular flexibility index (Phi) is 5.09. The third-order valence-electron chi connectivity index (χ3n) is 2.12. The van der Waals surface area contributed by atoms with Crippen LogP contribution in [-0.4, -0.2) is 41.7 Å². The molecule has 0 radical (unpaired) electrons. The maximum absolute atomic E-state index is 11.6. The van der Waals surface area contributed by atoms with E-state index in [2.05, 4.69) is 10.3 Å². The van der Waals surface area contributed by atoms with Crippen LogP contribution in [0.1, 0.15) is 16.9 Å². The second-order valence-corrected chi connectivity index (χ2v) is 3.38. The van der Waals surface area contributed by atoms with Gasteiger partial charge in [0.15, 0.2) is 0 Å². The van der Waals surface area contributed by atoms with Gasteiger partial charge in [0.05, 0.1) is 12.5 Å². The van der Waals surface area contributed by atoms with Crippen molar-refractivity contribution in [3.63, 3.8) is 0 Å². The number of aliphatic carboxylic acids is 1. The highest BCUT2D eigenvalue weighted by Gasteiger charge is 2.14. The van der Waals surface area contributed by atoms with E-state index in [1.807, 2.05) is 0 Å². The van der Waals surface area contributed by atoms with Gasteiger partial charge in [-0.3, -0.25) is 14.6 Å². The van der Waals surface area contributed by atoms with Crippen LogP contribution in [0.4, 0.5) is 0 Å². The van der Waals surface area contributed by atoms with E-state index in [0.717, 1.165) is 0 Å². The highest BCUT2D eigenvalue weighted by atomic mass is 16.5. The molecule has 0 aliphatic heterocycles. The van der Waals surface area contributed by atoms with E-state index in [-0.39, 0.29) is 24.6 Å². The van der Waals surface area contributed by atoms with E-state index in [4.69, 9.17) is 9.84 Å². The van der Waals surface area contributed by atoms with Crippen LogP contribution in [0.2, 0.25) is 0 Å². The number of amides is 1. The summed E-state index contributed by atoms with van der Waals surface area (Å²) in [6.07, 6.45) is 0.819. The molecule has 1 heterocycles. The van der Waals surface area contributed by atoms with Gasteiger partial charge in [-0.2, -0.15) is 0 Å². The van der Waals surface area contributed by atoms with Crippen molar-refractivity contribution in [2.75, 3.05) is 13.7 Å². The van der Waals surface area contributed by atoms with Crippen LogP contribution in [0.5, 0.6) is 0 Å². The number of aromatic nitrogens is 1. The first-order valence-corrected chi connectivity index (χ1v) is 5.07. The van der Waals surface area contributed by atoms with Crippen molar-refractivity contribution in [1.82, 2.24) is 10.3 Å². The molecule has 1 atom stereocenters. The minimum absolute atomic E-state index is 0.137. The Labute approximate surface area is 98.6 Å². The number of hydrogen-bond donors (Lipinski definition) is 2. The van der Waals surface area contributed by atoms with Gasteiger partial charge in [0.25, 0.3) is 5.91 Å². The van der Waals surface area contributed by atoms with Crippen molar-refractivity contribution < 1.29 is 19.4 Å². The standard InChI is InChI=1S/C11H14N2O4/c1-17-8(6-10(14)15)7-13-11(16)9-4-2-3-5-12-9/h2-5,8H,6-7H2,1H3,(H,13,16)(H,14,15). The summed E-state index contributed by atoms with van der Waals surface area (Å²) in [7, 11) is 1.40. The van der Waals surface area contributed by atoms with Gasteiger partial charge in [-0.15, -0.1) is 0 Å². The number of pyridine rings is 1. The number of rotatable bonds is 6. The van der Waals surface area contributed by atoms with Crippen molar-refractivity contribution in [2.45, 2.75) is 12.5 Å². The van der Waals surface area contributed by atoms with Gasteiger partial charge in [-0.25, -0.2) is 0 Å². The first-order chi connectivity index (χ1) is 8.13. The Morgan fingerprint density at radius 1 is 1.53 bits per heavy atom. The van der Waals surface area contributed by atoms with E-state index >= 15 is 0 Å². The van der Waals surface area contributed by atoms with Crippen LogP contribution in [0.25, 0.3) is 0 Å². The quantitative estimate of drug-likeness (QED) is 0.744. The lowest BCUT2D eigenvalue weighted by molar-refractivity contribution is -0.139. The third kappa shape index (κ3) is 4.60. The van der Waals surface area contributed by atoms with E-state index in [1.54, 1.807) is 18.2 Å². The molecular formula is C11H14N2O4. The molecule has 0 aromatic carbocycles. The molecule has 6 heteroatoms. The molecule has 6 nitrogen and oxygen atoms in total. The molecule has 1 unspecified atom stereocenters. The minimum atomic E-state index is -0.969. The largest absolute Gasteiger partial charge is 0.481 e. The number of carbonyl (C=O) groups excluding carboxylic acids is 1. The molecule has 92 valence electrons. The molecule has 1 amide bonds. The topological polar surface area (TPSA) is 88.5 Å². The highest BCUT2D eigenvalue weighted by molar-refractivity contribution is 5.92. The Morgan fingerprint density at radius 2 is 2.29 bits per heavy atom. The summed E-state index contributed by atoms with van der Waals surface area (Å²) in [5, 5.41) is 11.2. The van der Waals surface area contributed by atoms with Gasteiger partial charge in [0.1, 0.15) is 5.69 Å². The summed E-state index contributed by atoms with van der Waals surface area (Å²) in [6.45, 7) is 0.137. The number of nitrogens with zero attached hydrogens (tertiary/aromatic N) is 1. The van der Waals surface area contributed by atoms with Gasteiger partial charge in [0.2, 0.25) is 0 Å². The molecule has 1 aromatic rings. The number of carboxylic acids is 1. The van der Waals surface area contributed by atoms with Gasteiger partial charge >= 0.3 is 5.97 Å². The maximum Gasteiger partial charge on any atom is 0.306 e. The monoisotopic (exact) mass is 238 g/mol. The van der Waals surface area contributed by atoms with Crippen molar-refractivity contribution in [3.05, 3.63) is 30.1 Å². The van der Waals surface area contributed by atoms with E-state index in [0.29, 0.717) is 0 Å². The van der Waals surface area contributed by atoms with Crippen LogP contribution in [0, 0.1) is 0 Å². The molecular weight excluding hydrogens is 224 g/mol. The first kappa shape index (κ1) is 13.1. The molecule has 0 aliphatic carbocycles. The summed E-state index contributed by atoms with van der Waals surface area (Å²) in [5.74, 6) is -1.32. The molecule has 0 bridgehead atoms. The fourth-order valence-electron chi connectivity index (χ4n) is 1.23. The summed E-state index contributed by atoms with van der Waals surface area (Å²) in [5.41, 5.74) is 0.290. The lowest BCUT2D eigenvalue weighted by atomic mass is 10.2. The molecule has 1 rings (SSSR count). The Hall–Kier alpha value is -1.95. The summed E-state index contributed by atoms with van der Waals surface area (Å²) >= 11 is 0. The molecule has 0 fully saturated rings. The number of carbonyl (C=O) groups is 2. The van der Waals surface area contributed by atoms with E-state index < -0.39 is 12.1 Å². The zero-order chi connectivity index (χ0) is 12.7. The normalized spacial score (nSPS) is 11.8. The first-order valence-electron chi connectivity index (χ1n) is 5.07. The smallest absolute Gasteiger partial charge is 0.306 e. The molecule has 0 aliphatic rings. The fraction of sp³-hybridized carbons (Fsp3) is 0.364. The second kappa shape index (κ2) is 6.59. The molecule has 2 N–H and O–H groups in total.